The van der Waals surface area contributed by atoms with Gasteiger partial charge in [-0.15, -0.1) is 5.10 Å². The number of H-pyrrole nitrogens is 1. The third-order valence-corrected chi connectivity index (χ3v) is 4.25. The first-order chi connectivity index (χ1) is 11.0. The van der Waals surface area contributed by atoms with Crippen LogP contribution in [0.4, 0.5) is 8.78 Å². The minimum absolute atomic E-state index is 0.0857. The van der Waals surface area contributed by atoms with E-state index in [1.54, 1.807) is 13.8 Å². The van der Waals surface area contributed by atoms with E-state index < -0.39 is 17.0 Å². The first-order valence-corrected chi connectivity index (χ1v) is 7.04. The first kappa shape index (κ1) is 15.0. The molecule has 0 aliphatic carbocycles. The Kier molecular flexibility index (Phi) is 3.33. The number of allylic oxidation sites excluding steroid dienone is 1. The van der Waals surface area contributed by atoms with E-state index in [1.807, 2.05) is 6.07 Å². The molecule has 1 aliphatic heterocycles. The monoisotopic (exact) mass is 316 g/mol. The minimum atomic E-state index is -1.18. The molecule has 118 valence electrons. The van der Waals surface area contributed by atoms with Crippen molar-refractivity contribution in [3.63, 3.8) is 0 Å². The second-order valence-corrected chi connectivity index (χ2v) is 5.36. The molecule has 1 aromatic carbocycles. The van der Waals surface area contributed by atoms with Gasteiger partial charge in [0.15, 0.2) is 0 Å². The van der Waals surface area contributed by atoms with E-state index in [0.717, 1.165) is 12.1 Å². The fourth-order valence-electron chi connectivity index (χ4n) is 3.27. The Bertz CT molecular complexity index is 865. The number of benzene rings is 1. The summed E-state index contributed by atoms with van der Waals surface area (Å²) in [5, 5.41) is 16.4. The Morgan fingerprint density at radius 3 is 2.78 bits per heavy atom. The summed E-state index contributed by atoms with van der Waals surface area (Å²) in [7, 11) is 0. The maximum absolute atomic E-state index is 14.6. The maximum atomic E-state index is 14.6. The predicted octanol–water partition coefficient (Wildman–Crippen LogP) is 2.78. The number of nitrogens with two attached hydrogens (primary N) is 1. The van der Waals surface area contributed by atoms with E-state index in [0.29, 0.717) is 17.7 Å². The Morgan fingerprint density at radius 2 is 2.17 bits per heavy atom. The van der Waals surface area contributed by atoms with Gasteiger partial charge in [0.05, 0.1) is 11.0 Å². The zero-order chi connectivity index (χ0) is 16.8. The van der Waals surface area contributed by atoms with Gasteiger partial charge in [0, 0.05) is 17.3 Å². The number of nitrogens with zero attached hydrogens (tertiary/aromatic N) is 2. The van der Waals surface area contributed by atoms with Gasteiger partial charge in [0.25, 0.3) is 0 Å². The summed E-state index contributed by atoms with van der Waals surface area (Å²) in [6, 6.07) is 5.31. The van der Waals surface area contributed by atoms with Crippen molar-refractivity contribution in [3.05, 3.63) is 58.1 Å². The van der Waals surface area contributed by atoms with Crippen LogP contribution in [0.25, 0.3) is 0 Å². The van der Waals surface area contributed by atoms with Gasteiger partial charge in [-0.3, -0.25) is 5.10 Å². The summed E-state index contributed by atoms with van der Waals surface area (Å²) in [5.74, 6) is -1.37. The molecule has 2 heterocycles. The van der Waals surface area contributed by atoms with Crippen LogP contribution >= 0.6 is 0 Å². The largest absolute Gasteiger partial charge is 0.420 e. The van der Waals surface area contributed by atoms with Crippen molar-refractivity contribution >= 4 is 0 Å². The number of nitrogens with one attached hydrogen (secondary N) is 1. The molecule has 0 radical (unpaired) electrons. The summed E-state index contributed by atoms with van der Waals surface area (Å²) < 4.78 is 33.3. The van der Waals surface area contributed by atoms with E-state index in [9.17, 15) is 14.0 Å². The molecule has 0 fully saturated rings. The molecule has 0 saturated heterocycles. The molecule has 0 bridgehead atoms. The zero-order valence-electron chi connectivity index (χ0n) is 12.6. The molecule has 7 heteroatoms. The topological polar surface area (TPSA) is 87.7 Å². The van der Waals surface area contributed by atoms with E-state index in [-0.39, 0.29) is 22.9 Å². The molecule has 3 rings (SSSR count). The van der Waals surface area contributed by atoms with Gasteiger partial charge in [-0.1, -0.05) is 13.0 Å². The highest BCUT2D eigenvalue weighted by molar-refractivity contribution is 5.61. The third kappa shape index (κ3) is 1.91. The van der Waals surface area contributed by atoms with Crippen LogP contribution in [-0.4, -0.2) is 10.2 Å². The van der Waals surface area contributed by atoms with Crippen molar-refractivity contribution in [1.82, 2.24) is 10.2 Å². The van der Waals surface area contributed by atoms with Crippen LogP contribution in [0.2, 0.25) is 0 Å². The van der Waals surface area contributed by atoms with Crippen LogP contribution in [0.1, 0.15) is 30.2 Å². The number of rotatable bonds is 2. The summed E-state index contributed by atoms with van der Waals surface area (Å²) >= 11 is 0. The SMILES string of the molecule is CCC1(c2ccc(F)cc2F)C(C#N)=C(N)Oc2n[nH]c(C)c21. The molecular weight excluding hydrogens is 302 g/mol. The van der Waals surface area contributed by atoms with Crippen molar-refractivity contribution in [3.8, 4) is 11.9 Å². The Labute approximate surface area is 131 Å². The molecule has 3 N–H and O–H groups in total. The second kappa shape index (κ2) is 5.09. The van der Waals surface area contributed by atoms with Gasteiger partial charge in [0.1, 0.15) is 23.3 Å². The molecule has 1 unspecified atom stereocenters. The quantitative estimate of drug-likeness (QED) is 0.892. The standard InChI is InChI=1S/C16H14F2N4O/c1-3-16(10-5-4-9(17)6-12(10)18)11(7-19)14(20)23-15-13(16)8(2)21-22-15/h4-6H,3,20H2,1-2H3,(H,21,22). The van der Waals surface area contributed by atoms with E-state index in [1.165, 1.54) is 6.07 Å². The van der Waals surface area contributed by atoms with Crippen molar-refractivity contribution < 1.29 is 13.5 Å². The van der Waals surface area contributed by atoms with Gasteiger partial charge in [-0.2, -0.15) is 5.26 Å². The maximum Gasteiger partial charge on any atom is 0.244 e. The summed E-state index contributed by atoms with van der Waals surface area (Å²) in [6.07, 6.45) is 0.329. The zero-order valence-corrected chi connectivity index (χ0v) is 12.6. The number of aryl methyl sites for hydroxylation is 1. The number of ether oxygens (including phenoxy) is 1. The number of hydrogen-bond acceptors (Lipinski definition) is 4. The number of halogens is 2. The first-order valence-electron chi connectivity index (χ1n) is 7.04. The predicted molar refractivity (Wildman–Crippen MR) is 78.2 cm³/mol. The van der Waals surface area contributed by atoms with Crippen LogP contribution in [0.5, 0.6) is 5.88 Å². The highest BCUT2D eigenvalue weighted by Gasteiger charge is 2.48. The van der Waals surface area contributed by atoms with Gasteiger partial charge in [-0.05, 0) is 19.4 Å². The Morgan fingerprint density at radius 1 is 1.43 bits per heavy atom. The molecule has 1 aliphatic rings. The average molecular weight is 316 g/mol. The van der Waals surface area contributed by atoms with Crippen molar-refractivity contribution in [1.29, 1.82) is 5.26 Å². The van der Waals surface area contributed by atoms with Gasteiger partial charge < -0.3 is 10.5 Å². The molecule has 0 spiro atoms. The van der Waals surface area contributed by atoms with Crippen LogP contribution in [0.15, 0.2) is 29.7 Å². The van der Waals surface area contributed by atoms with E-state index in [2.05, 4.69) is 10.2 Å². The van der Waals surface area contributed by atoms with Gasteiger partial charge in [-0.25, -0.2) is 8.78 Å². The van der Waals surface area contributed by atoms with Gasteiger partial charge >= 0.3 is 0 Å². The normalized spacial score (nSPS) is 20.0. The fourth-order valence-corrected chi connectivity index (χ4v) is 3.27. The fraction of sp³-hybridized carbons (Fsp3) is 0.250. The van der Waals surface area contributed by atoms with Crippen LogP contribution in [0.3, 0.4) is 0 Å². The van der Waals surface area contributed by atoms with Crippen LogP contribution in [-0.2, 0) is 5.41 Å². The lowest BCUT2D eigenvalue weighted by atomic mass is 9.66. The Hall–Kier alpha value is -2.88. The molecular formula is C16H14F2N4O. The summed E-state index contributed by atoms with van der Waals surface area (Å²) in [4.78, 5) is 0. The highest BCUT2D eigenvalue weighted by atomic mass is 19.1. The van der Waals surface area contributed by atoms with E-state index >= 15 is 0 Å². The molecule has 2 aromatic rings. The highest BCUT2D eigenvalue weighted by Crippen LogP contribution is 2.50. The molecule has 1 aromatic heterocycles. The lowest BCUT2D eigenvalue weighted by Crippen LogP contribution is -2.37. The molecule has 0 amide bonds. The van der Waals surface area contributed by atoms with Crippen LogP contribution < -0.4 is 10.5 Å². The van der Waals surface area contributed by atoms with E-state index in [4.69, 9.17) is 10.5 Å². The number of aromatic nitrogens is 2. The van der Waals surface area contributed by atoms with Crippen LogP contribution in [0, 0.1) is 29.9 Å². The number of fused-ring (bicyclic) bond motifs is 1. The molecule has 5 nitrogen and oxygen atoms in total. The smallest absolute Gasteiger partial charge is 0.244 e. The number of nitriles is 1. The number of hydrogen-bond donors (Lipinski definition) is 2. The average Bonchev–Trinajstić information content (AvgIpc) is 2.87. The summed E-state index contributed by atoms with van der Waals surface area (Å²) in [5.41, 5.74) is 6.10. The molecule has 1 atom stereocenters. The second-order valence-electron chi connectivity index (χ2n) is 5.36. The third-order valence-electron chi connectivity index (χ3n) is 4.25. The minimum Gasteiger partial charge on any atom is -0.420 e. The number of aromatic amines is 1. The van der Waals surface area contributed by atoms with Gasteiger partial charge in [0.2, 0.25) is 11.8 Å². The lowest BCUT2D eigenvalue weighted by molar-refractivity contribution is 0.349. The van der Waals surface area contributed by atoms with Crippen molar-refractivity contribution in [2.45, 2.75) is 25.7 Å². The van der Waals surface area contributed by atoms with Crippen molar-refractivity contribution in [2.75, 3.05) is 0 Å². The lowest BCUT2D eigenvalue weighted by Gasteiger charge is -2.36. The van der Waals surface area contributed by atoms with Crippen molar-refractivity contribution in [2.24, 2.45) is 5.73 Å². The Balaban J connectivity index is 2.43. The summed E-state index contributed by atoms with van der Waals surface area (Å²) in [6.45, 7) is 3.55. The molecule has 23 heavy (non-hydrogen) atoms. The molecule has 0 saturated carbocycles.